The van der Waals surface area contributed by atoms with Gasteiger partial charge < -0.3 is 9.47 Å². The van der Waals surface area contributed by atoms with Crippen molar-refractivity contribution in [1.82, 2.24) is 0 Å². The summed E-state index contributed by atoms with van der Waals surface area (Å²) in [4.78, 5) is 11.9. The molecule has 19 heavy (non-hydrogen) atoms. The van der Waals surface area contributed by atoms with Crippen molar-refractivity contribution in [3.63, 3.8) is 0 Å². The minimum absolute atomic E-state index is 0.298. The number of hydrogen-bond donors (Lipinski definition) is 0. The zero-order valence-corrected chi connectivity index (χ0v) is 11.4. The first-order valence-electron chi connectivity index (χ1n) is 6.52. The molecule has 0 radical (unpaired) electrons. The number of esters is 1. The first kappa shape index (κ1) is 15.0. The van der Waals surface area contributed by atoms with E-state index in [2.05, 4.69) is 6.07 Å². The molecule has 0 atom stereocenters. The molecule has 0 aliphatic carbocycles. The molecular weight excluding hydrogens is 242 g/mol. The van der Waals surface area contributed by atoms with E-state index in [9.17, 15) is 4.79 Å². The number of carbonyl (C=O) groups is 1. The standard InChI is InChI=1S/C15H19NO3/c1-3-9-18-14-11-12(7-8-16)5-6-13(14)15(17)19-10-4-2/h5-6,11H,3-4,7,9-10H2,1-2H3. The highest BCUT2D eigenvalue weighted by atomic mass is 16.5. The fourth-order valence-electron chi connectivity index (χ4n) is 1.54. The lowest BCUT2D eigenvalue weighted by Gasteiger charge is -2.11. The van der Waals surface area contributed by atoms with E-state index < -0.39 is 0 Å². The summed E-state index contributed by atoms with van der Waals surface area (Å²) >= 11 is 0. The maximum absolute atomic E-state index is 11.9. The largest absolute Gasteiger partial charge is 0.493 e. The molecule has 0 saturated heterocycles. The first-order chi connectivity index (χ1) is 9.22. The molecule has 0 fully saturated rings. The quantitative estimate of drug-likeness (QED) is 0.707. The van der Waals surface area contributed by atoms with Gasteiger partial charge in [-0.15, -0.1) is 0 Å². The monoisotopic (exact) mass is 261 g/mol. The van der Waals surface area contributed by atoms with Gasteiger partial charge in [0.25, 0.3) is 0 Å². The fraction of sp³-hybridized carbons (Fsp3) is 0.467. The molecule has 0 saturated carbocycles. The molecule has 0 aliphatic heterocycles. The lowest BCUT2D eigenvalue weighted by Crippen LogP contribution is -2.09. The lowest BCUT2D eigenvalue weighted by atomic mass is 10.1. The summed E-state index contributed by atoms with van der Waals surface area (Å²) in [6.45, 7) is 4.86. The summed E-state index contributed by atoms with van der Waals surface area (Å²) in [5, 5.41) is 8.70. The van der Waals surface area contributed by atoms with Crippen LogP contribution >= 0.6 is 0 Å². The Morgan fingerprint density at radius 1 is 1.26 bits per heavy atom. The molecule has 1 aromatic rings. The minimum atomic E-state index is -0.378. The SMILES string of the molecule is CCCOC(=O)c1ccc(CC#N)cc1OCCC. The van der Waals surface area contributed by atoms with Crippen molar-refractivity contribution < 1.29 is 14.3 Å². The summed E-state index contributed by atoms with van der Waals surface area (Å²) in [6, 6.07) is 7.23. The van der Waals surface area contributed by atoms with E-state index >= 15 is 0 Å². The van der Waals surface area contributed by atoms with Crippen molar-refractivity contribution in [1.29, 1.82) is 5.26 Å². The number of nitriles is 1. The zero-order valence-electron chi connectivity index (χ0n) is 11.4. The maximum atomic E-state index is 11.9. The summed E-state index contributed by atoms with van der Waals surface area (Å²) in [6.07, 6.45) is 1.93. The number of ether oxygens (including phenoxy) is 2. The topological polar surface area (TPSA) is 59.3 Å². The average molecular weight is 261 g/mol. The molecule has 0 amide bonds. The molecule has 0 N–H and O–H groups in total. The van der Waals surface area contributed by atoms with Gasteiger partial charge in [-0.25, -0.2) is 4.79 Å². The molecule has 0 unspecified atom stereocenters. The Morgan fingerprint density at radius 2 is 2.00 bits per heavy atom. The Bertz CT molecular complexity index is 463. The van der Waals surface area contributed by atoms with Crippen molar-refractivity contribution >= 4 is 5.97 Å². The Kier molecular flexibility index (Phi) is 6.45. The number of nitrogens with zero attached hydrogens (tertiary/aromatic N) is 1. The second-order valence-corrected chi connectivity index (χ2v) is 4.15. The molecule has 102 valence electrons. The van der Waals surface area contributed by atoms with Crippen LogP contribution in [0.1, 0.15) is 42.6 Å². The molecule has 1 aromatic carbocycles. The van der Waals surface area contributed by atoms with Crippen LogP contribution in [0.5, 0.6) is 5.75 Å². The first-order valence-corrected chi connectivity index (χ1v) is 6.52. The van der Waals surface area contributed by atoms with Gasteiger partial charge in [-0.05, 0) is 30.5 Å². The van der Waals surface area contributed by atoms with E-state index in [1.807, 2.05) is 13.8 Å². The highest BCUT2D eigenvalue weighted by Gasteiger charge is 2.14. The van der Waals surface area contributed by atoms with Crippen LogP contribution in [-0.4, -0.2) is 19.2 Å². The van der Waals surface area contributed by atoms with Gasteiger partial charge in [0.15, 0.2) is 0 Å². The Labute approximate surface area is 113 Å². The van der Waals surface area contributed by atoms with E-state index in [0.717, 1.165) is 18.4 Å². The average Bonchev–Trinajstić information content (AvgIpc) is 2.43. The van der Waals surface area contributed by atoms with Crippen LogP contribution in [0.3, 0.4) is 0 Å². The number of benzene rings is 1. The van der Waals surface area contributed by atoms with Gasteiger partial charge in [0.05, 0.1) is 25.7 Å². The van der Waals surface area contributed by atoms with Gasteiger partial charge in [0, 0.05) is 0 Å². The molecule has 0 spiro atoms. The highest BCUT2D eigenvalue weighted by Crippen LogP contribution is 2.22. The number of carbonyl (C=O) groups excluding carboxylic acids is 1. The van der Waals surface area contributed by atoms with Gasteiger partial charge in [-0.1, -0.05) is 19.9 Å². The third kappa shape index (κ3) is 4.63. The van der Waals surface area contributed by atoms with E-state index in [0.29, 0.717) is 30.9 Å². The number of rotatable bonds is 7. The second kappa shape index (κ2) is 8.15. The molecule has 4 nitrogen and oxygen atoms in total. The molecule has 0 aromatic heterocycles. The van der Waals surface area contributed by atoms with Crippen molar-refractivity contribution in [3.05, 3.63) is 29.3 Å². The fourth-order valence-corrected chi connectivity index (χ4v) is 1.54. The summed E-state index contributed by atoms with van der Waals surface area (Å²) in [7, 11) is 0. The molecule has 4 heteroatoms. The van der Waals surface area contributed by atoms with Gasteiger partial charge in [0.1, 0.15) is 11.3 Å². The molecular formula is C15H19NO3. The van der Waals surface area contributed by atoms with Gasteiger partial charge >= 0.3 is 5.97 Å². The van der Waals surface area contributed by atoms with Crippen LogP contribution < -0.4 is 4.74 Å². The summed E-state index contributed by atoms with van der Waals surface area (Å²) in [5.74, 6) is 0.118. The van der Waals surface area contributed by atoms with Crippen molar-refractivity contribution in [2.75, 3.05) is 13.2 Å². The van der Waals surface area contributed by atoms with Crippen LogP contribution in [-0.2, 0) is 11.2 Å². The van der Waals surface area contributed by atoms with Crippen LogP contribution in [0.15, 0.2) is 18.2 Å². The van der Waals surface area contributed by atoms with Crippen molar-refractivity contribution in [2.24, 2.45) is 0 Å². The minimum Gasteiger partial charge on any atom is -0.493 e. The van der Waals surface area contributed by atoms with E-state index in [4.69, 9.17) is 14.7 Å². The summed E-state index contributed by atoms with van der Waals surface area (Å²) < 4.78 is 10.7. The van der Waals surface area contributed by atoms with E-state index in [-0.39, 0.29) is 5.97 Å². The van der Waals surface area contributed by atoms with Gasteiger partial charge in [0.2, 0.25) is 0 Å². The zero-order chi connectivity index (χ0) is 14.1. The van der Waals surface area contributed by atoms with Crippen LogP contribution in [0.25, 0.3) is 0 Å². The van der Waals surface area contributed by atoms with Crippen LogP contribution in [0, 0.1) is 11.3 Å². The molecule has 1 rings (SSSR count). The molecule has 0 bridgehead atoms. The lowest BCUT2D eigenvalue weighted by molar-refractivity contribution is 0.0500. The third-order valence-corrected chi connectivity index (χ3v) is 2.45. The maximum Gasteiger partial charge on any atom is 0.341 e. The van der Waals surface area contributed by atoms with Crippen molar-refractivity contribution in [3.8, 4) is 11.8 Å². The Morgan fingerprint density at radius 3 is 2.63 bits per heavy atom. The van der Waals surface area contributed by atoms with E-state index in [1.165, 1.54) is 0 Å². The Hall–Kier alpha value is -2.02. The Balaban J connectivity index is 2.94. The molecule has 0 heterocycles. The van der Waals surface area contributed by atoms with Crippen LogP contribution in [0.2, 0.25) is 0 Å². The molecule has 0 aliphatic rings. The summed E-state index contributed by atoms with van der Waals surface area (Å²) in [5.41, 5.74) is 1.25. The normalized spacial score (nSPS) is 9.74. The van der Waals surface area contributed by atoms with Crippen molar-refractivity contribution in [2.45, 2.75) is 33.1 Å². The van der Waals surface area contributed by atoms with E-state index in [1.54, 1.807) is 18.2 Å². The van der Waals surface area contributed by atoms with Crippen LogP contribution in [0.4, 0.5) is 0 Å². The van der Waals surface area contributed by atoms with Gasteiger partial charge in [-0.3, -0.25) is 0 Å². The third-order valence-electron chi connectivity index (χ3n) is 2.45. The predicted molar refractivity (Wildman–Crippen MR) is 72.1 cm³/mol. The smallest absolute Gasteiger partial charge is 0.341 e. The highest BCUT2D eigenvalue weighted by molar-refractivity contribution is 5.92. The predicted octanol–water partition coefficient (Wildman–Crippen LogP) is 3.11. The second-order valence-electron chi connectivity index (χ2n) is 4.15. The van der Waals surface area contributed by atoms with Gasteiger partial charge in [-0.2, -0.15) is 5.26 Å². The number of hydrogen-bond acceptors (Lipinski definition) is 4.